The molecule has 0 aliphatic rings. The van der Waals surface area contributed by atoms with Crippen molar-refractivity contribution in [1.29, 1.82) is 0 Å². The van der Waals surface area contributed by atoms with Gasteiger partial charge in [-0.05, 0) is 64.2 Å². The Kier molecular flexibility index (Phi) is 41.9. The molecule has 338 valence electrons. The lowest BCUT2D eigenvalue weighted by atomic mass is 10.0. The first-order valence-corrected chi connectivity index (χ1v) is 24.2. The summed E-state index contributed by atoms with van der Waals surface area (Å²) in [5.74, 6) is -2.31. The van der Waals surface area contributed by atoms with Crippen LogP contribution in [0.15, 0.2) is 24.3 Å². The molecule has 0 aliphatic carbocycles. The Morgan fingerprint density at radius 1 is 0.517 bits per heavy atom. The van der Waals surface area contributed by atoms with Crippen LogP contribution in [0.1, 0.15) is 239 Å². The molecule has 58 heavy (non-hydrogen) atoms. The van der Waals surface area contributed by atoms with Crippen LogP contribution < -0.4 is 10.6 Å². The third-order valence-corrected chi connectivity index (χ3v) is 11.0. The topological polar surface area (TPSA) is 142 Å². The van der Waals surface area contributed by atoms with Crippen molar-refractivity contribution in [3.05, 3.63) is 24.3 Å². The lowest BCUT2D eigenvalue weighted by Gasteiger charge is -2.18. The highest BCUT2D eigenvalue weighted by molar-refractivity contribution is 5.87. The highest BCUT2D eigenvalue weighted by atomic mass is 16.5. The molecule has 0 aliphatic heterocycles. The second-order valence-electron chi connectivity index (χ2n) is 16.6. The maximum Gasteiger partial charge on any atom is 0.328 e. The van der Waals surface area contributed by atoms with E-state index in [4.69, 9.17) is 14.9 Å². The van der Waals surface area contributed by atoms with E-state index in [1.165, 1.54) is 128 Å². The van der Waals surface area contributed by atoms with Gasteiger partial charge >= 0.3 is 11.9 Å². The van der Waals surface area contributed by atoms with E-state index in [1.54, 1.807) is 0 Å². The number of carbonyl (C=O) groups excluding carboxylic acids is 3. The van der Waals surface area contributed by atoms with Crippen molar-refractivity contribution in [3.8, 4) is 0 Å². The molecule has 0 spiro atoms. The predicted molar refractivity (Wildman–Crippen MR) is 241 cm³/mol. The first-order valence-electron chi connectivity index (χ1n) is 24.2. The van der Waals surface area contributed by atoms with Gasteiger partial charge in [0.2, 0.25) is 11.8 Å². The number of carboxylic acid groups (broad SMARTS) is 1. The number of esters is 1. The van der Waals surface area contributed by atoms with Gasteiger partial charge in [0.15, 0.2) is 0 Å². The Bertz CT molecular complexity index is 1030. The van der Waals surface area contributed by atoms with Gasteiger partial charge in [-0.25, -0.2) is 4.79 Å². The third kappa shape index (κ3) is 40.1. The van der Waals surface area contributed by atoms with Gasteiger partial charge in [-0.2, -0.15) is 0 Å². The van der Waals surface area contributed by atoms with Crippen LogP contribution in [0.3, 0.4) is 0 Å². The summed E-state index contributed by atoms with van der Waals surface area (Å²) in [6.45, 7) is 3.47. The molecule has 0 radical (unpaired) electrons. The average molecular weight is 819 g/mol. The molecule has 0 rings (SSSR count). The van der Waals surface area contributed by atoms with E-state index in [0.29, 0.717) is 12.8 Å². The normalized spacial score (nSPS) is 12.6. The van der Waals surface area contributed by atoms with Gasteiger partial charge in [-0.3, -0.25) is 14.4 Å². The molecule has 2 atom stereocenters. The lowest BCUT2D eigenvalue weighted by Crippen LogP contribution is -2.47. The van der Waals surface area contributed by atoms with Gasteiger partial charge in [0.05, 0.1) is 13.2 Å². The number of unbranched alkanes of at least 4 members (excludes halogenated alkanes) is 26. The predicted octanol–water partition coefficient (Wildman–Crippen LogP) is 12.4. The van der Waals surface area contributed by atoms with Crippen molar-refractivity contribution in [3.63, 3.8) is 0 Å². The highest BCUT2D eigenvalue weighted by Gasteiger charge is 2.19. The summed E-state index contributed by atoms with van der Waals surface area (Å²) in [7, 11) is 0. The van der Waals surface area contributed by atoms with Crippen molar-refractivity contribution in [2.45, 2.75) is 251 Å². The number of carboxylic acids is 1. The van der Waals surface area contributed by atoms with Crippen LogP contribution in [0, 0.1) is 0 Å². The summed E-state index contributed by atoms with van der Waals surface area (Å²) in [6.07, 6.45) is 49.3. The molecule has 2 unspecified atom stereocenters. The zero-order valence-electron chi connectivity index (χ0n) is 37.6. The number of hydrogen-bond acceptors (Lipinski definition) is 6. The fourth-order valence-electron chi connectivity index (χ4n) is 7.22. The molecule has 0 bridgehead atoms. The van der Waals surface area contributed by atoms with Crippen molar-refractivity contribution in [1.82, 2.24) is 10.6 Å². The van der Waals surface area contributed by atoms with Gasteiger partial charge in [0, 0.05) is 12.8 Å². The molecule has 2 amide bonds. The fraction of sp³-hybridized carbons (Fsp3) is 0.837. The van der Waals surface area contributed by atoms with E-state index in [0.717, 1.165) is 77.0 Å². The zero-order valence-corrected chi connectivity index (χ0v) is 37.6. The molecule has 4 N–H and O–H groups in total. The summed E-state index contributed by atoms with van der Waals surface area (Å²) < 4.78 is 6.02. The van der Waals surface area contributed by atoms with Gasteiger partial charge in [-0.1, -0.05) is 186 Å². The number of aliphatic carboxylic acids is 1. The van der Waals surface area contributed by atoms with E-state index < -0.39 is 24.5 Å². The minimum Gasteiger partial charge on any atom is -0.480 e. The molecular formula is C49H90N2O7. The number of aliphatic hydroxyl groups is 1. The number of allylic oxidation sites excluding steroid dienone is 4. The summed E-state index contributed by atoms with van der Waals surface area (Å²) in [6, 6.07) is -1.38. The summed E-state index contributed by atoms with van der Waals surface area (Å²) >= 11 is 0. The second kappa shape index (κ2) is 43.9. The number of hydrogen-bond donors (Lipinski definition) is 4. The van der Waals surface area contributed by atoms with E-state index in [-0.39, 0.29) is 30.9 Å². The van der Waals surface area contributed by atoms with Crippen LogP contribution in [0.4, 0.5) is 0 Å². The number of nitrogens with one attached hydrogen (secondary N) is 2. The van der Waals surface area contributed by atoms with Gasteiger partial charge in [0.25, 0.3) is 0 Å². The maximum absolute atomic E-state index is 12.8. The van der Waals surface area contributed by atoms with Crippen molar-refractivity contribution >= 4 is 23.8 Å². The summed E-state index contributed by atoms with van der Waals surface area (Å²) in [5, 5.41) is 22.6. The van der Waals surface area contributed by atoms with E-state index in [2.05, 4.69) is 48.8 Å². The third-order valence-electron chi connectivity index (χ3n) is 11.0. The maximum atomic E-state index is 12.8. The minimum atomic E-state index is -1.38. The minimum absolute atomic E-state index is 0.0526. The first kappa shape index (κ1) is 55.3. The van der Waals surface area contributed by atoms with E-state index >= 15 is 0 Å². The number of amides is 2. The van der Waals surface area contributed by atoms with Crippen LogP contribution in [0.25, 0.3) is 0 Å². The SMILES string of the molecule is CCCCC/C=C\C/C=C\CCCC(CCCCCCCC(=O)NCC(=O)NC(CO)C(=O)O)OC(=O)CCCCCCCCCCCCCCCCCCCCC. The molecule has 9 nitrogen and oxygen atoms in total. The summed E-state index contributed by atoms with van der Waals surface area (Å²) in [4.78, 5) is 47.7. The number of ether oxygens (including phenoxy) is 1. The standard InChI is InChI=1S/C49H90N2O7/c1-3-5-7-9-11-13-15-16-17-18-19-20-21-22-24-26-28-33-37-41-48(55)58-44(38-34-30-27-25-23-14-12-10-8-6-4-2)39-35-31-29-32-36-40-46(53)50-42-47(54)51-45(43-52)49(56)57/h12,14,25,27,44-45,52H,3-11,13,15-24,26,28-43H2,1-2H3,(H,50,53)(H,51,54)(H,56,57)/b14-12-,27-25-. The molecule has 0 aromatic carbocycles. The van der Waals surface area contributed by atoms with Crippen LogP contribution >= 0.6 is 0 Å². The Balaban J connectivity index is 4.24. The van der Waals surface area contributed by atoms with Crippen molar-refractivity contribution in [2.75, 3.05) is 13.2 Å². The van der Waals surface area contributed by atoms with Gasteiger partial charge in [-0.15, -0.1) is 0 Å². The molecule has 0 heterocycles. The van der Waals surface area contributed by atoms with Crippen LogP contribution in [0.2, 0.25) is 0 Å². The van der Waals surface area contributed by atoms with E-state index in [1.807, 2.05) is 0 Å². The molecule has 0 saturated carbocycles. The largest absolute Gasteiger partial charge is 0.480 e. The van der Waals surface area contributed by atoms with Crippen LogP contribution in [-0.4, -0.2) is 59.3 Å². The monoisotopic (exact) mass is 819 g/mol. The summed E-state index contributed by atoms with van der Waals surface area (Å²) in [5.41, 5.74) is 0. The molecular weight excluding hydrogens is 729 g/mol. The smallest absolute Gasteiger partial charge is 0.328 e. The van der Waals surface area contributed by atoms with Crippen LogP contribution in [-0.2, 0) is 23.9 Å². The zero-order chi connectivity index (χ0) is 42.6. The molecule has 0 aromatic rings. The van der Waals surface area contributed by atoms with Crippen LogP contribution in [0.5, 0.6) is 0 Å². The average Bonchev–Trinajstić information content (AvgIpc) is 3.21. The Morgan fingerprint density at radius 2 is 0.948 bits per heavy atom. The van der Waals surface area contributed by atoms with Crippen molar-refractivity contribution < 1.29 is 34.1 Å². The Labute approximate surface area is 355 Å². The molecule has 0 saturated heterocycles. The Hall–Kier alpha value is -2.68. The quantitative estimate of drug-likeness (QED) is 0.0272. The lowest BCUT2D eigenvalue weighted by molar-refractivity contribution is -0.150. The molecule has 0 fully saturated rings. The number of aliphatic hydroxyl groups excluding tert-OH is 1. The Morgan fingerprint density at radius 3 is 1.45 bits per heavy atom. The number of rotatable bonds is 44. The first-order chi connectivity index (χ1) is 28.3. The molecule has 9 heteroatoms. The van der Waals surface area contributed by atoms with Crippen molar-refractivity contribution in [2.24, 2.45) is 0 Å². The highest BCUT2D eigenvalue weighted by Crippen LogP contribution is 2.18. The second-order valence-corrected chi connectivity index (χ2v) is 16.6. The van der Waals surface area contributed by atoms with Gasteiger partial charge in [0.1, 0.15) is 12.1 Å². The number of carbonyl (C=O) groups is 4. The molecule has 0 aromatic heterocycles. The fourth-order valence-corrected chi connectivity index (χ4v) is 7.22. The van der Waals surface area contributed by atoms with E-state index in [9.17, 15) is 19.2 Å². The van der Waals surface area contributed by atoms with Gasteiger partial charge < -0.3 is 25.6 Å².